The third kappa shape index (κ3) is 5.99. The molecule has 9 heteroatoms. The van der Waals surface area contributed by atoms with Gasteiger partial charge < -0.3 is 10.6 Å². The summed E-state index contributed by atoms with van der Waals surface area (Å²) < 4.78 is 0. The summed E-state index contributed by atoms with van der Waals surface area (Å²) >= 11 is 5.12. The van der Waals surface area contributed by atoms with Gasteiger partial charge in [0.2, 0.25) is 5.91 Å². The highest BCUT2D eigenvalue weighted by Gasteiger charge is 2.11. The summed E-state index contributed by atoms with van der Waals surface area (Å²) in [5.74, 6) is -0.732. The quantitative estimate of drug-likeness (QED) is 0.298. The Kier molecular flexibility index (Phi) is 7.35. The normalized spacial score (nSPS) is 10.3. The number of nitro groups is 1. The van der Waals surface area contributed by atoms with Crippen LogP contribution in [0, 0.1) is 10.1 Å². The van der Waals surface area contributed by atoms with Crippen molar-refractivity contribution in [1.82, 2.24) is 10.6 Å². The molecule has 28 heavy (non-hydrogen) atoms. The third-order valence-corrected chi connectivity index (χ3v) is 3.73. The second kappa shape index (κ2) is 9.93. The van der Waals surface area contributed by atoms with Crippen LogP contribution >= 0.6 is 12.2 Å². The number of carbonyl (C=O) groups is 2. The minimum absolute atomic E-state index is 0.0299. The number of nitrogens with zero attached hydrogens (tertiary/aromatic N) is 1. The summed E-state index contributed by atoms with van der Waals surface area (Å²) in [6, 6.07) is 12.5. The molecule has 0 aromatic heterocycles. The molecular weight excluding hydrogens is 380 g/mol. The molecule has 144 valence electrons. The molecule has 0 aliphatic heterocycles. The zero-order valence-corrected chi connectivity index (χ0v) is 15.8. The first-order chi connectivity index (χ1) is 13.4. The van der Waals surface area contributed by atoms with Crippen molar-refractivity contribution in [3.8, 4) is 0 Å². The average Bonchev–Trinajstić information content (AvgIpc) is 2.67. The maximum atomic E-state index is 12.1. The number of rotatable bonds is 6. The summed E-state index contributed by atoms with van der Waals surface area (Å²) in [5.41, 5.74) is 1.47. The Bertz CT molecular complexity index is 926. The van der Waals surface area contributed by atoms with Crippen LogP contribution in [-0.4, -0.2) is 28.4 Å². The second-order valence-electron chi connectivity index (χ2n) is 5.53. The fourth-order valence-electron chi connectivity index (χ4n) is 2.23. The van der Waals surface area contributed by atoms with E-state index >= 15 is 0 Å². The predicted molar refractivity (Wildman–Crippen MR) is 111 cm³/mol. The molecule has 0 radical (unpaired) electrons. The first-order valence-electron chi connectivity index (χ1n) is 8.32. The Balaban J connectivity index is 1.97. The average molecular weight is 398 g/mol. The monoisotopic (exact) mass is 398 g/mol. The highest BCUT2D eigenvalue weighted by atomic mass is 32.1. The van der Waals surface area contributed by atoms with Gasteiger partial charge in [-0.1, -0.05) is 12.1 Å². The van der Waals surface area contributed by atoms with E-state index in [1.165, 1.54) is 36.4 Å². The number of amides is 2. The molecule has 0 atom stereocenters. The lowest BCUT2D eigenvalue weighted by atomic mass is 10.1. The van der Waals surface area contributed by atoms with Gasteiger partial charge >= 0.3 is 0 Å². The van der Waals surface area contributed by atoms with Gasteiger partial charge in [-0.2, -0.15) is 0 Å². The largest absolute Gasteiger partial charge is 0.352 e. The van der Waals surface area contributed by atoms with Crippen LogP contribution in [-0.2, 0) is 4.79 Å². The van der Waals surface area contributed by atoms with E-state index in [9.17, 15) is 19.7 Å². The molecule has 0 aliphatic carbocycles. The minimum atomic E-state index is -0.497. The Morgan fingerprint density at radius 1 is 1.14 bits per heavy atom. The summed E-state index contributed by atoms with van der Waals surface area (Å²) in [7, 11) is 0. The highest BCUT2D eigenvalue weighted by molar-refractivity contribution is 7.80. The Hall–Kier alpha value is -3.59. The van der Waals surface area contributed by atoms with Crippen LogP contribution in [0.15, 0.2) is 54.6 Å². The van der Waals surface area contributed by atoms with E-state index in [1.54, 1.807) is 24.3 Å². The van der Waals surface area contributed by atoms with E-state index in [0.717, 1.165) is 0 Å². The zero-order chi connectivity index (χ0) is 20.5. The number of thiocarbonyl (C=S) groups is 1. The molecule has 0 heterocycles. The van der Waals surface area contributed by atoms with Gasteiger partial charge in [0.05, 0.1) is 16.2 Å². The summed E-state index contributed by atoms with van der Waals surface area (Å²) in [5, 5.41) is 18.7. The fraction of sp³-hybridized carbons (Fsp3) is 0.105. The van der Waals surface area contributed by atoms with Crippen molar-refractivity contribution >= 4 is 46.6 Å². The van der Waals surface area contributed by atoms with Crippen molar-refractivity contribution < 1.29 is 14.5 Å². The number of hydrogen-bond donors (Lipinski definition) is 3. The molecule has 0 unspecified atom stereocenters. The van der Waals surface area contributed by atoms with Gasteiger partial charge in [-0.15, -0.1) is 0 Å². The van der Waals surface area contributed by atoms with Crippen LogP contribution in [0.1, 0.15) is 22.8 Å². The Morgan fingerprint density at radius 2 is 1.82 bits per heavy atom. The second-order valence-corrected chi connectivity index (χ2v) is 5.94. The lowest BCUT2D eigenvalue weighted by molar-refractivity contribution is -0.384. The number of hydrogen-bond acceptors (Lipinski definition) is 5. The molecule has 0 aliphatic rings. The van der Waals surface area contributed by atoms with E-state index in [4.69, 9.17) is 12.2 Å². The van der Waals surface area contributed by atoms with E-state index in [2.05, 4.69) is 16.0 Å². The van der Waals surface area contributed by atoms with E-state index in [0.29, 0.717) is 23.4 Å². The highest BCUT2D eigenvalue weighted by Crippen LogP contribution is 2.15. The standard InChI is InChI=1S/C19H18N4O4S/c1-2-20-18(25)15-5-3-4-6-16(15)21-19(28)22-17(24)12-9-13-7-10-14(11-8-13)23(26)27/h3-12H,2H2,1H3,(H,20,25)(H2,21,22,24,28)/b12-9+. The number of non-ortho nitro benzene ring substituents is 1. The first kappa shape index (κ1) is 20.7. The molecule has 8 nitrogen and oxygen atoms in total. The topological polar surface area (TPSA) is 113 Å². The van der Waals surface area contributed by atoms with Crippen LogP contribution < -0.4 is 16.0 Å². The van der Waals surface area contributed by atoms with Crippen molar-refractivity contribution in [3.63, 3.8) is 0 Å². The van der Waals surface area contributed by atoms with Crippen LogP contribution in [0.5, 0.6) is 0 Å². The van der Waals surface area contributed by atoms with Gasteiger partial charge in [-0.3, -0.25) is 25.0 Å². The maximum Gasteiger partial charge on any atom is 0.269 e. The number of benzene rings is 2. The SMILES string of the molecule is CCNC(=O)c1ccccc1NC(=S)NC(=O)/C=C/c1ccc([N+](=O)[O-])cc1. The van der Waals surface area contributed by atoms with E-state index in [1.807, 2.05) is 6.92 Å². The third-order valence-electron chi connectivity index (χ3n) is 3.53. The van der Waals surface area contributed by atoms with Crippen LogP contribution in [0.25, 0.3) is 6.08 Å². The molecule has 0 fully saturated rings. The molecule has 2 amide bonds. The van der Waals surface area contributed by atoms with Gasteiger partial charge in [-0.05, 0) is 55.0 Å². The Morgan fingerprint density at radius 3 is 2.46 bits per heavy atom. The van der Waals surface area contributed by atoms with Crippen molar-refractivity contribution in [1.29, 1.82) is 0 Å². The molecule has 2 rings (SSSR count). The van der Waals surface area contributed by atoms with Gasteiger partial charge in [0, 0.05) is 24.8 Å². The predicted octanol–water partition coefficient (Wildman–Crippen LogP) is 2.87. The van der Waals surface area contributed by atoms with Crippen LogP contribution in [0.4, 0.5) is 11.4 Å². The number of anilines is 1. The number of nitrogens with one attached hydrogen (secondary N) is 3. The molecule has 2 aromatic rings. The zero-order valence-electron chi connectivity index (χ0n) is 15.0. The molecule has 0 saturated carbocycles. The van der Waals surface area contributed by atoms with Gasteiger partial charge in [0.1, 0.15) is 0 Å². The van der Waals surface area contributed by atoms with Crippen molar-refractivity contribution in [2.24, 2.45) is 0 Å². The van der Waals surface area contributed by atoms with E-state index in [-0.39, 0.29) is 16.7 Å². The summed E-state index contributed by atoms with van der Waals surface area (Å²) in [6.45, 7) is 2.30. The molecule has 2 aromatic carbocycles. The molecular formula is C19H18N4O4S. The van der Waals surface area contributed by atoms with Crippen LogP contribution in [0.2, 0.25) is 0 Å². The molecule has 0 saturated heterocycles. The lowest BCUT2D eigenvalue weighted by Gasteiger charge is -2.12. The fourth-order valence-corrected chi connectivity index (χ4v) is 2.44. The maximum absolute atomic E-state index is 12.1. The lowest BCUT2D eigenvalue weighted by Crippen LogP contribution is -2.34. The smallest absolute Gasteiger partial charge is 0.269 e. The minimum Gasteiger partial charge on any atom is -0.352 e. The molecule has 3 N–H and O–H groups in total. The summed E-state index contributed by atoms with van der Waals surface area (Å²) in [4.78, 5) is 34.2. The van der Waals surface area contributed by atoms with Gasteiger partial charge in [0.15, 0.2) is 5.11 Å². The molecule has 0 bridgehead atoms. The number of nitro benzene ring substituents is 1. The first-order valence-corrected chi connectivity index (χ1v) is 8.73. The van der Waals surface area contributed by atoms with E-state index < -0.39 is 10.8 Å². The van der Waals surface area contributed by atoms with Gasteiger partial charge in [0.25, 0.3) is 11.6 Å². The van der Waals surface area contributed by atoms with Crippen molar-refractivity contribution in [3.05, 3.63) is 75.8 Å². The van der Waals surface area contributed by atoms with Crippen LogP contribution in [0.3, 0.4) is 0 Å². The summed E-state index contributed by atoms with van der Waals surface area (Å²) in [6.07, 6.45) is 2.76. The Labute approximate surface area is 166 Å². The van der Waals surface area contributed by atoms with Crippen molar-refractivity contribution in [2.75, 3.05) is 11.9 Å². The van der Waals surface area contributed by atoms with Crippen molar-refractivity contribution in [2.45, 2.75) is 6.92 Å². The molecule has 0 spiro atoms. The number of para-hydroxylation sites is 1. The van der Waals surface area contributed by atoms with Gasteiger partial charge in [-0.25, -0.2) is 0 Å². The number of carbonyl (C=O) groups excluding carboxylic acids is 2.